The number of anilines is 1. The highest BCUT2D eigenvalue weighted by atomic mass is 16.4. The van der Waals surface area contributed by atoms with Gasteiger partial charge in [0.2, 0.25) is 17.7 Å². The van der Waals surface area contributed by atoms with E-state index in [1.54, 1.807) is 24.3 Å². The normalized spacial score (nSPS) is 18.2. The number of rotatable bonds is 8. The fourth-order valence-electron chi connectivity index (χ4n) is 6.86. The number of aryl methyl sites for hydroxylation is 2. The molecule has 2 aliphatic heterocycles. The molecule has 0 unspecified atom stereocenters. The summed E-state index contributed by atoms with van der Waals surface area (Å²) in [5.74, 6) is -1.37. The van der Waals surface area contributed by atoms with Gasteiger partial charge in [-0.15, -0.1) is 0 Å². The van der Waals surface area contributed by atoms with Gasteiger partial charge in [0, 0.05) is 50.1 Å². The number of ketones is 1. The summed E-state index contributed by atoms with van der Waals surface area (Å²) in [6.07, 6.45) is 2.32. The van der Waals surface area contributed by atoms with E-state index in [0.29, 0.717) is 11.3 Å². The van der Waals surface area contributed by atoms with Crippen molar-refractivity contribution in [3.63, 3.8) is 0 Å². The molecule has 4 amide bonds. The predicted octanol–water partition coefficient (Wildman–Crippen LogP) is 4.36. The SMILES string of the molecule is O=C(CCC(=O)N1Cc2ccccc2C[C@H]1C(=O)NC1(C(=O)Nc2ccc3c(c2)CCC3)CCN(C(=O)O)CC1)c1ccccc1. The molecule has 3 aromatic rings. The van der Waals surface area contributed by atoms with Crippen LogP contribution in [0.4, 0.5) is 10.5 Å². The Morgan fingerprint density at radius 2 is 1.50 bits per heavy atom. The molecule has 3 aliphatic rings. The Balaban J connectivity index is 1.23. The highest BCUT2D eigenvalue weighted by Crippen LogP contribution is 2.30. The topological polar surface area (TPSA) is 136 Å². The molecule has 10 nitrogen and oxygen atoms in total. The van der Waals surface area contributed by atoms with Crippen LogP contribution < -0.4 is 10.6 Å². The lowest BCUT2D eigenvalue weighted by Crippen LogP contribution is -2.65. The van der Waals surface area contributed by atoms with Crippen LogP contribution in [0.1, 0.15) is 64.7 Å². The molecule has 3 N–H and O–H groups in total. The smallest absolute Gasteiger partial charge is 0.407 e. The Morgan fingerprint density at radius 3 is 2.24 bits per heavy atom. The fourth-order valence-corrected chi connectivity index (χ4v) is 6.86. The van der Waals surface area contributed by atoms with Crippen molar-refractivity contribution in [3.05, 3.63) is 101 Å². The zero-order valence-electron chi connectivity index (χ0n) is 25.7. The summed E-state index contributed by atoms with van der Waals surface area (Å²) in [6.45, 7) is 0.351. The minimum atomic E-state index is -1.38. The molecule has 0 saturated carbocycles. The first-order valence-electron chi connectivity index (χ1n) is 15.9. The summed E-state index contributed by atoms with van der Waals surface area (Å²) in [5, 5.41) is 15.6. The molecule has 0 spiro atoms. The average Bonchev–Trinajstić information content (AvgIpc) is 3.55. The molecule has 0 bridgehead atoms. The standard InChI is InChI=1S/C36H38N4O6/c41-31(25-7-2-1-3-8-25)15-16-32(42)40-23-28-10-5-4-9-27(28)22-30(40)33(43)38-36(17-19-39(20-18-36)35(45)46)34(44)37-29-14-13-24-11-6-12-26(24)21-29/h1-5,7-10,13-14,21,30H,6,11-12,15-20,22-23H2,(H,37,44)(H,38,43)(H,45,46)/t30-/m0/s1. The Morgan fingerprint density at radius 1 is 0.804 bits per heavy atom. The van der Waals surface area contributed by atoms with Gasteiger partial charge in [0.25, 0.3) is 0 Å². The first kappa shape index (κ1) is 31.0. The first-order valence-corrected chi connectivity index (χ1v) is 15.9. The minimum absolute atomic E-state index is 0.00742. The Labute approximate surface area is 267 Å². The number of carbonyl (C=O) groups is 5. The molecule has 6 rings (SSSR count). The highest BCUT2D eigenvalue weighted by Gasteiger charge is 2.46. The second-order valence-electron chi connectivity index (χ2n) is 12.4. The van der Waals surface area contributed by atoms with E-state index in [4.69, 9.17) is 0 Å². The number of nitrogens with one attached hydrogen (secondary N) is 2. The minimum Gasteiger partial charge on any atom is -0.465 e. The van der Waals surface area contributed by atoms with Crippen LogP contribution in [0.15, 0.2) is 72.8 Å². The molecule has 238 valence electrons. The van der Waals surface area contributed by atoms with Crippen LogP contribution in [0.3, 0.4) is 0 Å². The van der Waals surface area contributed by atoms with Crippen LogP contribution in [0.2, 0.25) is 0 Å². The van der Waals surface area contributed by atoms with Gasteiger partial charge in [-0.2, -0.15) is 0 Å². The zero-order chi connectivity index (χ0) is 32.3. The van der Waals surface area contributed by atoms with Gasteiger partial charge in [-0.3, -0.25) is 19.2 Å². The monoisotopic (exact) mass is 622 g/mol. The predicted molar refractivity (Wildman–Crippen MR) is 171 cm³/mol. The summed E-state index contributed by atoms with van der Waals surface area (Å²) in [7, 11) is 0. The molecule has 46 heavy (non-hydrogen) atoms. The lowest BCUT2D eigenvalue weighted by molar-refractivity contribution is -0.144. The molecule has 0 aromatic heterocycles. The number of benzene rings is 3. The second kappa shape index (κ2) is 13.2. The summed E-state index contributed by atoms with van der Waals surface area (Å²) in [6, 6.07) is 21.3. The number of likely N-dealkylation sites (tertiary alicyclic amines) is 1. The van der Waals surface area contributed by atoms with Crippen LogP contribution >= 0.6 is 0 Å². The Kier molecular flexibility index (Phi) is 8.87. The zero-order valence-corrected chi connectivity index (χ0v) is 25.7. The van der Waals surface area contributed by atoms with Crippen molar-refractivity contribution in [2.45, 2.75) is 69.5 Å². The van der Waals surface area contributed by atoms with E-state index in [9.17, 15) is 29.1 Å². The van der Waals surface area contributed by atoms with E-state index in [1.807, 2.05) is 48.5 Å². The molecule has 2 heterocycles. The van der Waals surface area contributed by atoms with Crippen molar-refractivity contribution in [3.8, 4) is 0 Å². The fraction of sp³-hybridized carbons (Fsp3) is 0.361. The lowest BCUT2D eigenvalue weighted by atomic mass is 9.85. The van der Waals surface area contributed by atoms with Crippen molar-refractivity contribution in [2.24, 2.45) is 0 Å². The van der Waals surface area contributed by atoms with E-state index >= 15 is 0 Å². The van der Waals surface area contributed by atoms with Gasteiger partial charge in [0.05, 0.1) is 0 Å². The number of carboxylic acid groups (broad SMARTS) is 1. The van der Waals surface area contributed by atoms with Gasteiger partial charge in [-0.05, 0) is 66.5 Å². The number of Topliss-reactive ketones (excluding diaryl/α,β-unsaturated/α-hetero) is 1. The summed E-state index contributed by atoms with van der Waals surface area (Å²) < 4.78 is 0. The number of nitrogens with zero attached hydrogens (tertiary/aromatic N) is 2. The third kappa shape index (κ3) is 6.51. The van der Waals surface area contributed by atoms with E-state index in [1.165, 1.54) is 20.9 Å². The average molecular weight is 623 g/mol. The third-order valence-corrected chi connectivity index (χ3v) is 9.57. The van der Waals surface area contributed by atoms with Crippen LogP contribution in [-0.4, -0.2) is 69.2 Å². The molecule has 3 aromatic carbocycles. The second-order valence-corrected chi connectivity index (χ2v) is 12.4. The largest absolute Gasteiger partial charge is 0.465 e. The maximum atomic E-state index is 14.2. The molecule has 10 heteroatoms. The number of amides is 4. The summed E-state index contributed by atoms with van der Waals surface area (Å²) >= 11 is 0. The first-order chi connectivity index (χ1) is 22.2. The molecule has 1 atom stereocenters. The van der Waals surface area contributed by atoms with E-state index in [2.05, 4.69) is 10.6 Å². The Bertz CT molecular complexity index is 1660. The van der Waals surface area contributed by atoms with Crippen molar-refractivity contribution >= 4 is 35.3 Å². The van der Waals surface area contributed by atoms with Gasteiger partial charge in [-0.1, -0.05) is 60.7 Å². The van der Waals surface area contributed by atoms with E-state index in [0.717, 1.165) is 30.4 Å². The summed E-state index contributed by atoms with van der Waals surface area (Å²) in [5.41, 5.74) is 4.10. The van der Waals surface area contributed by atoms with Crippen molar-refractivity contribution in [2.75, 3.05) is 18.4 Å². The molecule has 1 aliphatic carbocycles. The van der Waals surface area contributed by atoms with Crippen molar-refractivity contribution in [1.29, 1.82) is 0 Å². The van der Waals surface area contributed by atoms with E-state index < -0.39 is 29.5 Å². The van der Waals surface area contributed by atoms with E-state index in [-0.39, 0.29) is 63.4 Å². The Hall–Kier alpha value is -4.99. The quantitative estimate of drug-likeness (QED) is 0.320. The number of hydrogen-bond acceptors (Lipinski definition) is 5. The van der Waals surface area contributed by atoms with Crippen LogP contribution in [0, 0.1) is 0 Å². The van der Waals surface area contributed by atoms with Gasteiger partial charge in [0.1, 0.15) is 11.6 Å². The summed E-state index contributed by atoms with van der Waals surface area (Å²) in [4.78, 5) is 69.1. The van der Waals surface area contributed by atoms with Crippen LogP contribution in [-0.2, 0) is 40.2 Å². The van der Waals surface area contributed by atoms with Gasteiger partial charge >= 0.3 is 6.09 Å². The third-order valence-electron chi connectivity index (χ3n) is 9.57. The lowest BCUT2D eigenvalue weighted by Gasteiger charge is -2.42. The van der Waals surface area contributed by atoms with Crippen LogP contribution in [0.25, 0.3) is 0 Å². The molecular formula is C36H38N4O6. The van der Waals surface area contributed by atoms with Gasteiger partial charge in [0.15, 0.2) is 5.78 Å². The molecule has 0 radical (unpaired) electrons. The molecular weight excluding hydrogens is 584 g/mol. The molecule has 1 saturated heterocycles. The highest BCUT2D eigenvalue weighted by molar-refractivity contribution is 6.02. The maximum Gasteiger partial charge on any atom is 0.407 e. The van der Waals surface area contributed by atoms with Crippen molar-refractivity contribution in [1.82, 2.24) is 15.1 Å². The number of hydrogen-bond donors (Lipinski definition) is 3. The number of fused-ring (bicyclic) bond motifs is 2. The number of carbonyl (C=O) groups excluding carboxylic acids is 4. The molecule has 1 fully saturated rings. The van der Waals surface area contributed by atoms with Gasteiger partial charge < -0.3 is 25.5 Å². The number of piperidine rings is 1. The maximum absolute atomic E-state index is 14.2. The van der Waals surface area contributed by atoms with Gasteiger partial charge in [-0.25, -0.2) is 4.79 Å². The van der Waals surface area contributed by atoms with Crippen LogP contribution in [0.5, 0.6) is 0 Å². The van der Waals surface area contributed by atoms with Crippen molar-refractivity contribution < 1.29 is 29.1 Å².